The number of rotatable bonds is 5. The fourth-order valence-corrected chi connectivity index (χ4v) is 4.02. The van der Waals surface area contributed by atoms with E-state index in [1.54, 1.807) is 18.3 Å². The van der Waals surface area contributed by atoms with Crippen LogP contribution in [-0.2, 0) is 13.0 Å². The van der Waals surface area contributed by atoms with Crippen molar-refractivity contribution in [1.82, 2.24) is 9.88 Å². The molecule has 4 rings (SSSR count). The second-order valence-corrected chi connectivity index (χ2v) is 8.19. The largest absolute Gasteiger partial charge is 0.489 e. The summed E-state index contributed by atoms with van der Waals surface area (Å²) in [5, 5.41) is 0. The highest BCUT2D eigenvalue weighted by Crippen LogP contribution is 2.38. The van der Waals surface area contributed by atoms with Crippen LogP contribution in [0.4, 0.5) is 13.2 Å². The zero-order chi connectivity index (χ0) is 21.1. The number of hydrogen-bond donors (Lipinski definition) is 0. The first-order chi connectivity index (χ1) is 14.4. The zero-order valence-corrected chi connectivity index (χ0v) is 17.7. The van der Waals surface area contributed by atoms with Gasteiger partial charge in [-0.1, -0.05) is 36.4 Å². The van der Waals surface area contributed by atoms with E-state index in [-0.39, 0.29) is 0 Å². The quantitative estimate of drug-likeness (QED) is 0.456. The fraction of sp³-hybridized carbons (Fsp3) is 0.261. The molecule has 3 nitrogen and oxygen atoms in total. The fourth-order valence-electron chi connectivity index (χ4n) is 3.78. The minimum absolute atomic E-state index is 0.303. The summed E-state index contributed by atoms with van der Waals surface area (Å²) < 4.78 is 46.3. The Kier molecular flexibility index (Phi) is 6.11. The van der Waals surface area contributed by atoms with Crippen LogP contribution in [0.2, 0.25) is 0 Å². The molecule has 0 bridgehead atoms. The second-order valence-electron chi connectivity index (χ2n) is 7.27. The van der Waals surface area contributed by atoms with Crippen LogP contribution in [-0.4, -0.2) is 29.1 Å². The molecular formula is C23H20BrF3N2O. The summed E-state index contributed by atoms with van der Waals surface area (Å²) in [6, 6.07) is 18.5. The van der Waals surface area contributed by atoms with Crippen molar-refractivity contribution in [2.75, 3.05) is 13.1 Å². The minimum Gasteiger partial charge on any atom is -0.489 e. The molecule has 3 aromatic rings. The molecule has 1 aromatic heterocycles. The Morgan fingerprint density at radius 2 is 1.87 bits per heavy atom. The molecule has 0 saturated carbocycles. The molecule has 1 aliphatic heterocycles. The van der Waals surface area contributed by atoms with Gasteiger partial charge in [0.25, 0.3) is 0 Å². The first-order valence-corrected chi connectivity index (χ1v) is 10.4. The van der Waals surface area contributed by atoms with E-state index in [9.17, 15) is 13.2 Å². The van der Waals surface area contributed by atoms with Crippen molar-refractivity contribution >= 4 is 15.9 Å². The lowest BCUT2D eigenvalue weighted by atomic mass is 9.90. The molecule has 0 N–H and O–H groups in total. The van der Waals surface area contributed by atoms with Gasteiger partial charge in [0.1, 0.15) is 12.4 Å². The van der Waals surface area contributed by atoms with Crippen molar-refractivity contribution in [1.29, 1.82) is 0 Å². The van der Waals surface area contributed by atoms with Gasteiger partial charge < -0.3 is 4.74 Å². The molecule has 0 amide bonds. The average molecular weight is 477 g/mol. The van der Waals surface area contributed by atoms with E-state index in [1.165, 1.54) is 4.90 Å². The van der Waals surface area contributed by atoms with Crippen molar-refractivity contribution in [3.63, 3.8) is 0 Å². The number of hydrogen-bond acceptors (Lipinski definition) is 3. The van der Waals surface area contributed by atoms with E-state index in [0.717, 1.165) is 21.2 Å². The molecule has 0 radical (unpaired) electrons. The van der Waals surface area contributed by atoms with Crippen LogP contribution in [0.3, 0.4) is 0 Å². The lowest BCUT2D eigenvalue weighted by Gasteiger charge is -2.37. The van der Waals surface area contributed by atoms with E-state index in [4.69, 9.17) is 4.74 Å². The average Bonchev–Trinajstić information content (AvgIpc) is 2.72. The second kappa shape index (κ2) is 8.78. The SMILES string of the molecule is FC(F)(F)CN1CCc2cc(OCc3ccccc3)ccc2C1c1ccc(Br)cn1. The van der Waals surface area contributed by atoms with Gasteiger partial charge in [0, 0.05) is 17.2 Å². The molecule has 7 heteroatoms. The van der Waals surface area contributed by atoms with E-state index < -0.39 is 18.8 Å². The van der Waals surface area contributed by atoms with Crippen molar-refractivity contribution in [3.8, 4) is 5.75 Å². The van der Waals surface area contributed by atoms with E-state index >= 15 is 0 Å². The summed E-state index contributed by atoms with van der Waals surface area (Å²) in [4.78, 5) is 5.84. The number of nitrogens with zero attached hydrogens (tertiary/aromatic N) is 2. The number of halogens is 4. The molecule has 0 aliphatic carbocycles. The van der Waals surface area contributed by atoms with Crippen LogP contribution in [0, 0.1) is 0 Å². The van der Waals surface area contributed by atoms with Gasteiger partial charge in [-0.05, 0) is 63.3 Å². The number of fused-ring (bicyclic) bond motifs is 1. The monoisotopic (exact) mass is 476 g/mol. The van der Waals surface area contributed by atoms with Gasteiger partial charge in [0.2, 0.25) is 0 Å². The lowest BCUT2D eigenvalue weighted by molar-refractivity contribution is -0.150. The first kappa shape index (κ1) is 20.9. The molecule has 2 heterocycles. The van der Waals surface area contributed by atoms with Crippen molar-refractivity contribution in [3.05, 3.63) is 93.7 Å². The summed E-state index contributed by atoms with van der Waals surface area (Å²) in [5.74, 6) is 0.712. The lowest BCUT2D eigenvalue weighted by Crippen LogP contribution is -2.42. The first-order valence-electron chi connectivity index (χ1n) is 9.61. The Bertz CT molecular complexity index is 994. The van der Waals surface area contributed by atoms with Gasteiger partial charge >= 0.3 is 6.18 Å². The number of pyridine rings is 1. The predicted molar refractivity (Wildman–Crippen MR) is 112 cm³/mol. The third-order valence-electron chi connectivity index (χ3n) is 5.10. The minimum atomic E-state index is -4.27. The standard InChI is InChI=1S/C23H20BrF3N2O/c24-18-6-9-21(28-13-18)22-20-8-7-19(30-14-16-4-2-1-3-5-16)12-17(20)10-11-29(22)15-23(25,26)27/h1-9,12-13,22H,10-11,14-15H2. The third-order valence-corrected chi connectivity index (χ3v) is 5.57. The van der Waals surface area contributed by atoms with Crippen LogP contribution in [0.25, 0.3) is 0 Å². The molecule has 156 valence electrons. The van der Waals surface area contributed by atoms with Crippen LogP contribution < -0.4 is 4.74 Å². The highest BCUT2D eigenvalue weighted by molar-refractivity contribution is 9.10. The van der Waals surface area contributed by atoms with Crippen molar-refractivity contribution < 1.29 is 17.9 Å². The normalized spacial score (nSPS) is 16.9. The molecule has 0 fully saturated rings. The van der Waals surface area contributed by atoms with Gasteiger partial charge in [-0.3, -0.25) is 9.88 Å². The highest BCUT2D eigenvalue weighted by atomic mass is 79.9. The van der Waals surface area contributed by atoms with Crippen LogP contribution in [0.15, 0.2) is 71.3 Å². The molecular weight excluding hydrogens is 457 g/mol. The molecule has 1 aliphatic rings. The Balaban J connectivity index is 1.62. The highest BCUT2D eigenvalue weighted by Gasteiger charge is 2.38. The molecule has 1 atom stereocenters. The number of benzene rings is 2. The maximum absolute atomic E-state index is 13.2. The van der Waals surface area contributed by atoms with Crippen LogP contribution in [0.5, 0.6) is 5.75 Å². The molecule has 1 unspecified atom stereocenters. The third kappa shape index (κ3) is 5.02. The summed E-state index contributed by atoms with van der Waals surface area (Å²) in [6.07, 6.45) is -2.13. The number of ether oxygens (including phenoxy) is 1. The van der Waals surface area contributed by atoms with Gasteiger partial charge in [0.15, 0.2) is 0 Å². The smallest absolute Gasteiger partial charge is 0.401 e. The van der Waals surface area contributed by atoms with Crippen molar-refractivity contribution in [2.24, 2.45) is 0 Å². The Morgan fingerprint density at radius 3 is 2.57 bits per heavy atom. The van der Waals surface area contributed by atoms with E-state index in [2.05, 4.69) is 20.9 Å². The number of alkyl halides is 3. The summed E-state index contributed by atoms with van der Waals surface area (Å²) in [6.45, 7) is -0.226. The number of aromatic nitrogens is 1. The maximum Gasteiger partial charge on any atom is 0.401 e. The van der Waals surface area contributed by atoms with Gasteiger partial charge in [-0.15, -0.1) is 0 Å². The molecule has 0 spiro atoms. The van der Waals surface area contributed by atoms with Crippen molar-refractivity contribution in [2.45, 2.75) is 25.2 Å². The molecule has 2 aromatic carbocycles. The van der Waals surface area contributed by atoms with Crippen LogP contribution >= 0.6 is 15.9 Å². The maximum atomic E-state index is 13.2. The van der Waals surface area contributed by atoms with E-state index in [1.807, 2.05) is 48.5 Å². The van der Waals surface area contributed by atoms with Crippen LogP contribution in [0.1, 0.15) is 28.4 Å². The Hall–Kier alpha value is -2.38. The Morgan fingerprint density at radius 1 is 1.07 bits per heavy atom. The predicted octanol–water partition coefficient (Wildman–Crippen LogP) is 5.93. The Labute approximate surface area is 181 Å². The van der Waals surface area contributed by atoms with E-state index in [0.29, 0.717) is 31.0 Å². The topological polar surface area (TPSA) is 25.4 Å². The summed E-state index contributed by atoms with van der Waals surface area (Å²) >= 11 is 3.34. The van der Waals surface area contributed by atoms with Gasteiger partial charge in [-0.2, -0.15) is 13.2 Å². The zero-order valence-electron chi connectivity index (χ0n) is 16.1. The van der Waals surface area contributed by atoms with Gasteiger partial charge in [-0.25, -0.2) is 0 Å². The summed E-state index contributed by atoms with van der Waals surface area (Å²) in [5.41, 5.74) is 3.49. The molecule has 30 heavy (non-hydrogen) atoms. The van der Waals surface area contributed by atoms with Gasteiger partial charge in [0.05, 0.1) is 18.3 Å². The summed E-state index contributed by atoms with van der Waals surface area (Å²) in [7, 11) is 0. The molecule has 0 saturated heterocycles.